The van der Waals surface area contributed by atoms with Crippen LogP contribution in [0.2, 0.25) is 0 Å². The van der Waals surface area contributed by atoms with Crippen LogP contribution in [0, 0.1) is 0 Å². The maximum Gasteiger partial charge on any atom is 0.333 e. The highest BCUT2D eigenvalue weighted by atomic mass is 16.5. The molecule has 0 aliphatic rings. The summed E-state index contributed by atoms with van der Waals surface area (Å²) in [5.41, 5.74) is -1.07. The zero-order valence-electron chi connectivity index (χ0n) is 12.1. The number of nitrogens with one attached hydrogen (secondary N) is 1. The first-order valence-corrected chi connectivity index (χ1v) is 5.85. The van der Waals surface area contributed by atoms with E-state index in [1.54, 1.807) is 21.0 Å². The molecule has 0 saturated heterocycles. The summed E-state index contributed by atoms with van der Waals surface area (Å²) in [7, 11) is 1.55. The second-order valence-electron chi connectivity index (χ2n) is 5.55. The smallest absolute Gasteiger partial charge is 0.333 e. The minimum atomic E-state index is -0.797. The molecule has 0 aliphatic heterocycles. The van der Waals surface area contributed by atoms with E-state index in [0.29, 0.717) is 13.2 Å². The van der Waals surface area contributed by atoms with Crippen molar-refractivity contribution in [2.24, 2.45) is 16.1 Å². The van der Waals surface area contributed by atoms with Crippen molar-refractivity contribution in [2.45, 2.75) is 45.8 Å². The number of urea groups is 1. The quantitative estimate of drug-likeness (QED) is 0.339. The van der Waals surface area contributed by atoms with Gasteiger partial charge in [0.15, 0.2) is 0 Å². The fraction of sp³-hybridized carbons (Fsp3) is 0.909. The molecule has 0 radical (unpaired) electrons. The molecule has 0 aromatic carbocycles. The molecule has 0 bridgehead atoms. The summed E-state index contributed by atoms with van der Waals surface area (Å²) in [6, 6.07) is -0.412. The summed E-state index contributed by atoms with van der Waals surface area (Å²) in [5, 5.41) is 12.0. The third-order valence-electron chi connectivity index (χ3n) is 1.81. The highest BCUT2D eigenvalue weighted by Crippen LogP contribution is 2.12. The molecular weight excluding hydrogens is 234 g/mol. The van der Waals surface area contributed by atoms with Crippen molar-refractivity contribution in [3.63, 3.8) is 0 Å². The molecule has 18 heavy (non-hydrogen) atoms. The van der Waals surface area contributed by atoms with Gasteiger partial charge in [0.1, 0.15) is 5.66 Å². The molecule has 0 rings (SSSR count). The number of carbonyl (C=O) groups is 1. The van der Waals surface area contributed by atoms with Gasteiger partial charge in [0.25, 0.3) is 0 Å². The number of carbonyl (C=O) groups excluding carboxylic acids is 1. The van der Waals surface area contributed by atoms with E-state index in [2.05, 4.69) is 15.5 Å². The van der Waals surface area contributed by atoms with Gasteiger partial charge in [-0.3, -0.25) is 5.01 Å². The Morgan fingerprint density at radius 2 is 1.83 bits per heavy atom. The number of ether oxygens (including phenoxy) is 1. The van der Waals surface area contributed by atoms with E-state index in [9.17, 15) is 4.79 Å². The Labute approximate surface area is 109 Å². The molecule has 0 fully saturated rings. The minimum absolute atomic E-state index is 0.277. The summed E-state index contributed by atoms with van der Waals surface area (Å²) in [5.74, 6) is 5.56. The first-order chi connectivity index (χ1) is 8.07. The van der Waals surface area contributed by atoms with Gasteiger partial charge in [-0.2, -0.15) is 10.2 Å². The predicted octanol–water partition coefficient (Wildman–Crippen LogP) is 1.50. The lowest BCUT2D eigenvalue weighted by atomic mass is 10.1. The second-order valence-corrected chi connectivity index (χ2v) is 5.55. The Hall–Kier alpha value is -1.21. The van der Waals surface area contributed by atoms with Crippen molar-refractivity contribution in [1.29, 1.82) is 0 Å². The van der Waals surface area contributed by atoms with E-state index in [1.807, 2.05) is 20.8 Å². The molecule has 0 aliphatic carbocycles. The fourth-order valence-corrected chi connectivity index (χ4v) is 0.925. The van der Waals surface area contributed by atoms with Crippen LogP contribution in [0.5, 0.6) is 0 Å². The first-order valence-electron chi connectivity index (χ1n) is 5.85. The first kappa shape index (κ1) is 16.8. The average molecular weight is 259 g/mol. The number of nitrogens with two attached hydrogens (primary N) is 1. The lowest BCUT2D eigenvalue weighted by Gasteiger charge is -2.25. The second kappa shape index (κ2) is 6.65. The number of amides is 2. The molecule has 0 heterocycles. The average Bonchev–Trinajstić information content (AvgIpc) is 2.21. The number of hydrazine groups is 1. The van der Waals surface area contributed by atoms with Crippen molar-refractivity contribution >= 4 is 6.03 Å². The zero-order valence-corrected chi connectivity index (χ0v) is 12.1. The van der Waals surface area contributed by atoms with Crippen molar-refractivity contribution in [2.75, 3.05) is 20.3 Å². The summed E-state index contributed by atoms with van der Waals surface area (Å²) >= 11 is 0. The van der Waals surface area contributed by atoms with Crippen LogP contribution in [0.1, 0.15) is 34.6 Å². The molecule has 2 amide bonds. The molecule has 7 nitrogen and oxygen atoms in total. The van der Waals surface area contributed by atoms with Crippen LogP contribution in [-0.2, 0) is 4.74 Å². The van der Waals surface area contributed by atoms with Gasteiger partial charge in [-0.25, -0.2) is 10.6 Å². The van der Waals surface area contributed by atoms with Crippen molar-refractivity contribution in [1.82, 2.24) is 10.3 Å². The highest BCUT2D eigenvalue weighted by Gasteiger charge is 2.23. The van der Waals surface area contributed by atoms with E-state index in [-0.39, 0.29) is 5.54 Å². The monoisotopic (exact) mass is 259 g/mol. The van der Waals surface area contributed by atoms with Crippen molar-refractivity contribution in [3.8, 4) is 0 Å². The van der Waals surface area contributed by atoms with Gasteiger partial charge >= 0.3 is 6.03 Å². The van der Waals surface area contributed by atoms with Gasteiger partial charge < -0.3 is 10.1 Å². The van der Waals surface area contributed by atoms with Gasteiger partial charge in [0, 0.05) is 7.11 Å². The minimum Gasteiger partial charge on any atom is -0.383 e. The molecule has 0 atom stereocenters. The lowest BCUT2D eigenvalue weighted by Crippen LogP contribution is -2.52. The Morgan fingerprint density at radius 3 is 2.28 bits per heavy atom. The zero-order chi connectivity index (χ0) is 14.4. The van der Waals surface area contributed by atoms with E-state index >= 15 is 0 Å². The number of azo groups is 1. The van der Waals surface area contributed by atoms with E-state index in [4.69, 9.17) is 10.6 Å². The molecule has 0 aromatic rings. The van der Waals surface area contributed by atoms with Crippen molar-refractivity contribution in [3.05, 3.63) is 0 Å². The van der Waals surface area contributed by atoms with Crippen LogP contribution in [0.4, 0.5) is 4.79 Å². The molecule has 0 spiro atoms. The van der Waals surface area contributed by atoms with Gasteiger partial charge in [-0.1, -0.05) is 0 Å². The maximum absolute atomic E-state index is 11.7. The molecule has 0 saturated carbocycles. The van der Waals surface area contributed by atoms with Crippen molar-refractivity contribution < 1.29 is 9.53 Å². The number of methoxy groups -OCH3 is 1. The molecule has 0 unspecified atom stereocenters. The largest absolute Gasteiger partial charge is 0.383 e. The van der Waals surface area contributed by atoms with Gasteiger partial charge in [-0.15, -0.1) is 0 Å². The SMILES string of the molecule is COCCN(N)C(=O)NC(C)(C)/N=N/C(C)(C)C. The normalized spacial score (nSPS) is 12.8. The van der Waals surface area contributed by atoms with Gasteiger partial charge in [0.05, 0.1) is 18.7 Å². The molecule has 0 aromatic heterocycles. The van der Waals surface area contributed by atoms with Crippen LogP contribution in [0.25, 0.3) is 0 Å². The van der Waals surface area contributed by atoms with Gasteiger partial charge in [-0.05, 0) is 34.6 Å². The van der Waals surface area contributed by atoms with E-state index in [1.165, 1.54) is 0 Å². The Bertz CT molecular complexity index is 296. The molecule has 106 valence electrons. The summed E-state index contributed by atoms with van der Waals surface area (Å²) in [6.45, 7) is 10.0. The Morgan fingerprint density at radius 1 is 1.28 bits per heavy atom. The topological polar surface area (TPSA) is 92.3 Å². The van der Waals surface area contributed by atoms with Crippen LogP contribution in [0.15, 0.2) is 10.2 Å². The highest BCUT2D eigenvalue weighted by molar-refractivity contribution is 5.74. The standard InChI is InChI=1S/C11H25N5O2/c1-10(2,3)14-15-11(4,5)13-9(17)16(12)7-8-18-6/h7-8,12H2,1-6H3,(H,13,17)/b15-14+. The summed E-state index contributed by atoms with van der Waals surface area (Å²) in [4.78, 5) is 11.7. The predicted molar refractivity (Wildman–Crippen MR) is 70.0 cm³/mol. The van der Waals surface area contributed by atoms with Crippen LogP contribution in [-0.4, -0.2) is 42.5 Å². The maximum atomic E-state index is 11.7. The number of rotatable bonds is 5. The van der Waals surface area contributed by atoms with Gasteiger partial charge in [0.2, 0.25) is 0 Å². The van der Waals surface area contributed by atoms with Crippen LogP contribution in [0.3, 0.4) is 0 Å². The molecule has 7 heteroatoms. The molecular formula is C11H25N5O2. The Balaban J connectivity index is 4.39. The third kappa shape index (κ3) is 7.97. The fourth-order valence-electron chi connectivity index (χ4n) is 0.925. The van der Waals surface area contributed by atoms with Crippen LogP contribution >= 0.6 is 0 Å². The van der Waals surface area contributed by atoms with Crippen LogP contribution < -0.4 is 11.2 Å². The lowest BCUT2D eigenvalue weighted by molar-refractivity contribution is 0.145. The van der Waals surface area contributed by atoms with E-state index < -0.39 is 11.7 Å². The summed E-state index contributed by atoms with van der Waals surface area (Å²) < 4.78 is 4.84. The number of nitrogens with zero attached hydrogens (tertiary/aromatic N) is 3. The molecule has 3 N–H and O–H groups in total. The third-order valence-corrected chi connectivity index (χ3v) is 1.81. The number of hydrogen-bond acceptors (Lipinski definition) is 5. The summed E-state index contributed by atoms with van der Waals surface area (Å²) in [6.07, 6.45) is 0. The van der Waals surface area contributed by atoms with E-state index in [0.717, 1.165) is 5.01 Å². The number of hydrogen-bond donors (Lipinski definition) is 2. The Kier molecular flexibility index (Phi) is 6.20.